The lowest BCUT2D eigenvalue weighted by Crippen LogP contribution is -2.48. The summed E-state index contributed by atoms with van der Waals surface area (Å²) < 4.78 is 2.00. The Labute approximate surface area is 122 Å². The van der Waals surface area contributed by atoms with Crippen LogP contribution >= 0.6 is 0 Å². The summed E-state index contributed by atoms with van der Waals surface area (Å²) >= 11 is 0. The molecule has 1 aromatic heterocycles. The Balaban J connectivity index is 2.63. The normalized spacial score (nSPS) is 14.8. The molecule has 3 N–H and O–H groups in total. The molecule has 0 aliphatic carbocycles. The van der Waals surface area contributed by atoms with E-state index in [0.29, 0.717) is 6.54 Å². The fraction of sp³-hybridized carbons (Fsp3) is 0.733. The number of hydrogen-bond acceptors (Lipinski definition) is 3. The van der Waals surface area contributed by atoms with Crippen molar-refractivity contribution in [2.24, 2.45) is 17.1 Å². The molecule has 20 heavy (non-hydrogen) atoms. The van der Waals surface area contributed by atoms with E-state index in [4.69, 9.17) is 5.73 Å². The number of carbonyl (C=O) groups excluding carboxylic acids is 1. The second-order valence-corrected chi connectivity index (χ2v) is 6.52. The molecule has 5 nitrogen and oxygen atoms in total. The fourth-order valence-corrected chi connectivity index (χ4v) is 2.01. The van der Waals surface area contributed by atoms with Gasteiger partial charge in [0.2, 0.25) is 5.91 Å². The summed E-state index contributed by atoms with van der Waals surface area (Å²) in [6.45, 7) is 9.74. The van der Waals surface area contributed by atoms with Crippen molar-refractivity contribution in [3.05, 3.63) is 18.7 Å². The van der Waals surface area contributed by atoms with Crippen LogP contribution in [0.3, 0.4) is 0 Å². The van der Waals surface area contributed by atoms with E-state index >= 15 is 0 Å². The highest BCUT2D eigenvalue weighted by Crippen LogP contribution is 2.21. The van der Waals surface area contributed by atoms with Gasteiger partial charge in [-0.05, 0) is 24.8 Å². The summed E-state index contributed by atoms with van der Waals surface area (Å²) in [5.41, 5.74) is 5.49. The summed E-state index contributed by atoms with van der Waals surface area (Å²) in [7, 11) is 0. The van der Waals surface area contributed by atoms with Gasteiger partial charge in [0.05, 0.1) is 12.4 Å². The summed E-state index contributed by atoms with van der Waals surface area (Å²) in [6.07, 6.45) is 7.18. The molecule has 0 aliphatic heterocycles. The lowest BCUT2D eigenvalue weighted by molar-refractivity contribution is -0.126. The number of nitrogens with two attached hydrogens (primary N) is 1. The van der Waals surface area contributed by atoms with Crippen molar-refractivity contribution >= 4 is 5.91 Å². The van der Waals surface area contributed by atoms with Gasteiger partial charge < -0.3 is 15.6 Å². The van der Waals surface area contributed by atoms with E-state index in [1.165, 1.54) is 0 Å². The van der Waals surface area contributed by atoms with Gasteiger partial charge in [-0.1, -0.05) is 27.7 Å². The number of imidazole rings is 1. The zero-order valence-corrected chi connectivity index (χ0v) is 13.1. The first kappa shape index (κ1) is 16.7. The summed E-state index contributed by atoms with van der Waals surface area (Å²) in [5.74, 6) is 0.115. The molecule has 0 radical (unpaired) electrons. The highest BCUT2D eigenvalue weighted by molar-refractivity contribution is 5.78. The average molecular weight is 280 g/mol. The Morgan fingerprint density at radius 1 is 1.45 bits per heavy atom. The Kier molecular flexibility index (Phi) is 6.20. The van der Waals surface area contributed by atoms with Crippen LogP contribution in [0.4, 0.5) is 0 Å². The standard InChI is InChI=1S/C15H28N4O/c1-12(6-5-7-16)14(20)18-13(15(2,3)4)10-19-9-8-17-11-19/h8-9,11-13H,5-7,10,16H2,1-4H3,(H,18,20). The van der Waals surface area contributed by atoms with Gasteiger partial charge in [-0.25, -0.2) is 4.98 Å². The smallest absolute Gasteiger partial charge is 0.223 e. The van der Waals surface area contributed by atoms with E-state index in [1.54, 1.807) is 12.5 Å². The van der Waals surface area contributed by atoms with Crippen molar-refractivity contribution in [1.29, 1.82) is 0 Å². The van der Waals surface area contributed by atoms with Crippen LogP contribution in [0.2, 0.25) is 0 Å². The molecule has 0 bridgehead atoms. The highest BCUT2D eigenvalue weighted by Gasteiger charge is 2.27. The molecular weight excluding hydrogens is 252 g/mol. The molecule has 2 atom stereocenters. The van der Waals surface area contributed by atoms with Gasteiger partial charge in [-0.3, -0.25) is 4.79 Å². The largest absolute Gasteiger partial charge is 0.351 e. The van der Waals surface area contributed by atoms with E-state index in [2.05, 4.69) is 31.1 Å². The van der Waals surface area contributed by atoms with Gasteiger partial charge in [0.15, 0.2) is 0 Å². The fourth-order valence-electron chi connectivity index (χ4n) is 2.01. The second kappa shape index (κ2) is 7.43. The maximum absolute atomic E-state index is 12.3. The molecule has 0 saturated carbocycles. The summed E-state index contributed by atoms with van der Waals surface area (Å²) in [4.78, 5) is 16.3. The van der Waals surface area contributed by atoms with Crippen LogP contribution < -0.4 is 11.1 Å². The Morgan fingerprint density at radius 3 is 2.65 bits per heavy atom. The van der Waals surface area contributed by atoms with Crippen LogP contribution in [0.25, 0.3) is 0 Å². The number of nitrogens with one attached hydrogen (secondary N) is 1. The second-order valence-electron chi connectivity index (χ2n) is 6.52. The van der Waals surface area contributed by atoms with E-state index in [-0.39, 0.29) is 23.3 Å². The minimum atomic E-state index is -0.00643. The SMILES string of the molecule is CC(CCCN)C(=O)NC(Cn1ccnc1)C(C)(C)C. The molecule has 1 heterocycles. The molecule has 2 unspecified atom stereocenters. The van der Waals surface area contributed by atoms with Crippen molar-refractivity contribution in [2.75, 3.05) is 6.54 Å². The maximum atomic E-state index is 12.3. The van der Waals surface area contributed by atoms with Crippen molar-refractivity contribution in [3.63, 3.8) is 0 Å². The van der Waals surface area contributed by atoms with E-state index in [1.807, 2.05) is 17.7 Å². The van der Waals surface area contributed by atoms with Crippen molar-refractivity contribution in [2.45, 2.75) is 53.1 Å². The van der Waals surface area contributed by atoms with E-state index in [0.717, 1.165) is 19.4 Å². The topological polar surface area (TPSA) is 72.9 Å². The third-order valence-corrected chi connectivity index (χ3v) is 3.60. The molecule has 0 spiro atoms. The molecular formula is C15H28N4O. The summed E-state index contributed by atoms with van der Waals surface area (Å²) in [6, 6.07) is 0.0736. The quantitative estimate of drug-likeness (QED) is 0.799. The molecule has 0 saturated heterocycles. The Hall–Kier alpha value is -1.36. The van der Waals surface area contributed by atoms with Crippen LogP contribution in [-0.4, -0.2) is 28.0 Å². The van der Waals surface area contributed by atoms with Crippen molar-refractivity contribution < 1.29 is 4.79 Å². The number of aromatic nitrogens is 2. The first-order valence-corrected chi connectivity index (χ1v) is 7.30. The zero-order valence-electron chi connectivity index (χ0n) is 13.1. The minimum Gasteiger partial charge on any atom is -0.351 e. The monoisotopic (exact) mass is 280 g/mol. The van der Waals surface area contributed by atoms with Gasteiger partial charge in [-0.15, -0.1) is 0 Å². The Morgan fingerprint density at radius 2 is 2.15 bits per heavy atom. The lowest BCUT2D eigenvalue weighted by Gasteiger charge is -2.32. The molecule has 0 aliphatic rings. The number of hydrogen-bond donors (Lipinski definition) is 2. The maximum Gasteiger partial charge on any atom is 0.223 e. The van der Waals surface area contributed by atoms with Crippen molar-refractivity contribution in [1.82, 2.24) is 14.9 Å². The molecule has 0 aromatic carbocycles. The number of nitrogens with zero attached hydrogens (tertiary/aromatic N) is 2. The molecule has 114 valence electrons. The lowest BCUT2D eigenvalue weighted by atomic mass is 9.86. The third-order valence-electron chi connectivity index (χ3n) is 3.60. The van der Waals surface area contributed by atoms with E-state index in [9.17, 15) is 4.79 Å². The van der Waals surface area contributed by atoms with Crippen LogP contribution in [0, 0.1) is 11.3 Å². The van der Waals surface area contributed by atoms with Crippen LogP contribution in [0.1, 0.15) is 40.5 Å². The van der Waals surface area contributed by atoms with Gasteiger partial charge in [0.1, 0.15) is 0 Å². The molecule has 0 fully saturated rings. The van der Waals surface area contributed by atoms with Gasteiger partial charge in [0.25, 0.3) is 0 Å². The summed E-state index contributed by atoms with van der Waals surface area (Å²) in [5, 5.41) is 3.18. The van der Waals surface area contributed by atoms with Crippen LogP contribution in [0.5, 0.6) is 0 Å². The highest BCUT2D eigenvalue weighted by atomic mass is 16.1. The average Bonchev–Trinajstić information content (AvgIpc) is 2.86. The predicted octanol–water partition coefficient (Wildman–Crippen LogP) is 1.79. The van der Waals surface area contributed by atoms with Crippen LogP contribution in [0.15, 0.2) is 18.7 Å². The molecule has 1 rings (SSSR count). The number of carbonyl (C=O) groups is 1. The minimum absolute atomic E-state index is 0.00573. The van der Waals surface area contributed by atoms with Gasteiger partial charge in [0, 0.05) is 24.9 Å². The zero-order chi connectivity index (χ0) is 15.2. The molecule has 5 heteroatoms. The van der Waals surface area contributed by atoms with Gasteiger partial charge >= 0.3 is 0 Å². The molecule has 1 amide bonds. The predicted molar refractivity (Wildman–Crippen MR) is 81.1 cm³/mol. The van der Waals surface area contributed by atoms with Gasteiger partial charge in [-0.2, -0.15) is 0 Å². The van der Waals surface area contributed by atoms with Crippen molar-refractivity contribution in [3.8, 4) is 0 Å². The third kappa shape index (κ3) is 5.33. The van der Waals surface area contributed by atoms with Crippen LogP contribution in [-0.2, 0) is 11.3 Å². The first-order valence-electron chi connectivity index (χ1n) is 7.30. The molecule has 1 aromatic rings. The first-order chi connectivity index (χ1) is 9.34. The van der Waals surface area contributed by atoms with E-state index < -0.39 is 0 Å². The Bertz CT molecular complexity index is 395. The number of rotatable bonds is 7. The number of amides is 1.